The molecule has 1 heterocycles. The van der Waals surface area contributed by atoms with Crippen LogP contribution in [0.5, 0.6) is 0 Å². The van der Waals surface area contributed by atoms with Crippen molar-refractivity contribution in [2.24, 2.45) is 5.41 Å². The van der Waals surface area contributed by atoms with E-state index in [2.05, 4.69) is 15.9 Å². The van der Waals surface area contributed by atoms with E-state index >= 15 is 0 Å². The highest BCUT2D eigenvalue weighted by Crippen LogP contribution is 2.44. The molecule has 0 aromatic carbocycles. The van der Waals surface area contributed by atoms with Crippen molar-refractivity contribution in [2.45, 2.75) is 31.7 Å². The molecule has 18 heavy (non-hydrogen) atoms. The zero-order valence-electron chi connectivity index (χ0n) is 11.3. The van der Waals surface area contributed by atoms with Crippen molar-refractivity contribution in [3.63, 3.8) is 0 Å². The minimum atomic E-state index is -3.06. The van der Waals surface area contributed by atoms with Gasteiger partial charge in [-0.25, -0.2) is 13.1 Å². The highest BCUT2D eigenvalue weighted by atomic mass is 32.2. The van der Waals surface area contributed by atoms with E-state index in [0.29, 0.717) is 5.41 Å². The Balaban J connectivity index is 1.82. The molecule has 1 atom stereocenters. The van der Waals surface area contributed by atoms with Crippen LogP contribution < -0.4 is 4.72 Å². The molecule has 2 fully saturated rings. The summed E-state index contributed by atoms with van der Waals surface area (Å²) in [5, 5.41) is 0. The van der Waals surface area contributed by atoms with Gasteiger partial charge in [-0.15, -0.1) is 0 Å². The molecule has 0 aromatic rings. The van der Waals surface area contributed by atoms with Crippen molar-refractivity contribution in [2.75, 3.05) is 37.9 Å². The van der Waals surface area contributed by atoms with Gasteiger partial charge in [0.2, 0.25) is 10.0 Å². The predicted octanol–water partition coefficient (Wildman–Crippen LogP) is 1.14. The van der Waals surface area contributed by atoms with Gasteiger partial charge in [0.1, 0.15) is 0 Å². The second-order valence-electron chi connectivity index (χ2n) is 5.90. The number of nitrogens with zero attached hydrogens (tertiary/aromatic N) is 1. The summed E-state index contributed by atoms with van der Waals surface area (Å²) in [4.78, 5) is 2.44. The quantitative estimate of drug-likeness (QED) is 0.798. The smallest absolute Gasteiger partial charge is 0.208 e. The highest BCUT2D eigenvalue weighted by molar-refractivity contribution is 7.98. The summed E-state index contributed by atoms with van der Waals surface area (Å²) in [5.74, 6) is 1.24. The summed E-state index contributed by atoms with van der Waals surface area (Å²) in [6.07, 6.45) is 8.42. The highest BCUT2D eigenvalue weighted by Gasteiger charge is 2.39. The Hall–Kier alpha value is 0.220. The summed E-state index contributed by atoms with van der Waals surface area (Å²) < 4.78 is 25.2. The van der Waals surface area contributed by atoms with Gasteiger partial charge in [-0.2, -0.15) is 11.8 Å². The Labute approximate surface area is 115 Å². The third-order valence-corrected chi connectivity index (χ3v) is 5.74. The first-order valence-electron chi connectivity index (χ1n) is 6.61. The average Bonchev–Trinajstić information content (AvgIpc) is 2.59. The van der Waals surface area contributed by atoms with E-state index in [0.717, 1.165) is 26.1 Å². The number of nitrogens with one attached hydrogen (secondary N) is 1. The van der Waals surface area contributed by atoms with Crippen LogP contribution in [0.4, 0.5) is 0 Å². The van der Waals surface area contributed by atoms with Crippen molar-refractivity contribution in [3.8, 4) is 0 Å². The molecular formula is C12H24N2O2S2. The minimum Gasteiger partial charge on any atom is -0.301 e. The van der Waals surface area contributed by atoms with E-state index in [1.165, 1.54) is 31.3 Å². The first-order valence-corrected chi connectivity index (χ1v) is 9.90. The maximum absolute atomic E-state index is 11.2. The Morgan fingerprint density at radius 1 is 1.44 bits per heavy atom. The van der Waals surface area contributed by atoms with Gasteiger partial charge in [-0.1, -0.05) is 6.42 Å². The number of hydrogen-bond acceptors (Lipinski definition) is 4. The van der Waals surface area contributed by atoms with Crippen molar-refractivity contribution in [1.29, 1.82) is 0 Å². The largest absolute Gasteiger partial charge is 0.301 e. The maximum atomic E-state index is 11.2. The van der Waals surface area contributed by atoms with Gasteiger partial charge in [0.15, 0.2) is 0 Å². The van der Waals surface area contributed by atoms with Gasteiger partial charge in [-0.05, 0) is 43.2 Å². The van der Waals surface area contributed by atoms with Crippen LogP contribution in [0.25, 0.3) is 0 Å². The first-order chi connectivity index (χ1) is 8.42. The van der Waals surface area contributed by atoms with E-state index in [4.69, 9.17) is 0 Å². The van der Waals surface area contributed by atoms with E-state index in [1.54, 1.807) is 0 Å². The number of hydrogen-bond donors (Lipinski definition) is 1. The monoisotopic (exact) mass is 292 g/mol. The lowest BCUT2D eigenvalue weighted by Crippen LogP contribution is -2.44. The predicted molar refractivity (Wildman–Crippen MR) is 77.5 cm³/mol. The van der Waals surface area contributed by atoms with Gasteiger partial charge in [0.25, 0.3) is 0 Å². The van der Waals surface area contributed by atoms with Gasteiger partial charge in [-0.3, -0.25) is 0 Å². The van der Waals surface area contributed by atoms with Gasteiger partial charge in [0, 0.05) is 19.1 Å². The summed E-state index contributed by atoms with van der Waals surface area (Å²) in [6, 6.07) is 0.117. The molecule has 0 unspecified atom stereocenters. The van der Waals surface area contributed by atoms with Crippen LogP contribution in [0.15, 0.2) is 0 Å². The van der Waals surface area contributed by atoms with Gasteiger partial charge < -0.3 is 4.90 Å². The van der Waals surface area contributed by atoms with Crippen LogP contribution in [0, 0.1) is 5.41 Å². The molecule has 4 nitrogen and oxygen atoms in total. The zero-order chi connectivity index (χ0) is 13.2. The van der Waals surface area contributed by atoms with E-state index < -0.39 is 10.0 Å². The molecule has 0 aromatic heterocycles. The minimum absolute atomic E-state index is 0.117. The van der Waals surface area contributed by atoms with Crippen LogP contribution in [0.2, 0.25) is 0 Å². The Morgan fingerprint density at radius 2 is 2.17 bits per heavy atom. The van der Waals surface area contributed by atoms with Crippen LogP contribution in [0.1, 0.15) is 25.7 Å². The molecule has 2 aliphatic rings. The fraction of sp³-hybridized carbons (Fsp3) is 1.00. The maximum Gasteiger partial charge on any atom is 0.208 e. The Kier molecular flexibility index (Phi) is 4.62. The SMILES string of the molecule is CSCC1(CN2CC[C@@H](NS(C)(=O)=O)C2)CCC1. The molecule has 2 rings (SSSR count). The molecule has 106 valence electrons. The molecule has 6 heteroatoms. The van der Waals surface area contributed by atoms with Crippen molar-refractivity contribution in [1.82, 2.24) is 9.62 Å². The molecular weight excluding hydrogens is 268 g/mol. The fourth-order valence-electron chi connectivity index (χ4n) is 3.18. The molecule has 0 spiro atoms. The molecule has 1 N–H and O–H groups in total. The number of sulfonamides is 1. The fourth-order valence-corrected chi connectivity index (χ4v) is 4.97. The normalized spacial score (nSPS) is 28.2. The summed E-state index contributed by atoms with van der Waals surface area (Å²) >= 11 is 1.94. The number of likely N-dealkylation sites (tertiary alicyclic amines) is 1. The van der Waals surface area contributed by atoms with Crippen LogP contribution >= 0.6 is 11.8 Å². The standard InChI is InChI=1S/C12H24N2O2S2/c1-17-10-12(5-3-6-12)9-14-7-4-11(8-14)13-18(2,15)16/h11,13H,3-10H2,1-2H3/t11-/m1/s1. The summed E-state index contributed by atoms with van der Waals surface area (Å²) in [5.41, 5.74) is 0.513. The Bertz CT molecular complexity index is 380. The molecule has 0 bridgehead atoms. The average molecular weight is 292 g/mol. The first kappa shape index (κ1) is 14.6. The molecule has 1 aliphatic heterocycles. The van der Waals surface area contributed by atoms with Crippen molar-refractivity contribution in [3.05, 3.63) is 0 Å². The van der Waals surface area contributed by atoms with Crippen molar-refractivity contribution < 1.29 is 8.42 Å². The summed E-state index contributed by atoms with van der Waals surface area (Å²) in [6.45, 7) is 3.06. The third kappa shape index (κ3) is 3.85. The Morgan fingerprint density at radius 3 is 2.67 bits per heavy atom. The molecule has 1 saturated carbocycles. The summed E-state index contributed by atoms with van der Waals surface area (Å²) in [7, 11) is -3.06. The van der Waals surface area contributed by atoms with Gasteiger partial charge >= 0.3 is 0 Å². The van der Waals surface area contributed by atoms with E-state index in [1.807, 2.05) is 11.8 Å². The second kappa shape index (κ2) is 5.69. The lowest BCUT2D eigenvalue weighted by Gasteiger charge is -2.44. The molecule has 1 saturated heterocycles. The van der Waals surface area contributed by atoms with Gasteiger partial charge in [0.05, 0.1) is 6.26 Å². The molecule has 1 aliphatic carbocycles. The molecule has 0 amide bonds. The zero-order valence-corrected chi connectivity index (χ0v) is 12.9. The van der Waals surface area contributed by atoms with Crippen LogP contribution in [-0.4, -0.2) is 57.3 Å². The second-order valence-corrected chi connectivity index (χ2v) is 8.54. The number of thioether (sulfide) groups is 1. The lowest BCUT2D eigenvalue weighted by molar-refractivity contribution is 0.103. The van der Waals surface area contributed by atoms with Crippen molar-refractivity contribution >= 4 is 21.8 Å². The third-order valence-electron chi connectivity index (χ3n) is 4.08. The van der Waals surface area contributed by atoms with E-state index in [-0.39, 0.29) is 6.04 Å². The number of rotatable bonds is 6. The topological polar surface area (TPSA) is 49.4 Å². The van der Waals surface area contributed by atoms with E-state index in [9.17, 15) is 8.42 Å². The van der Waals surface area contributed by atoms with Crippen LogP contribution in [-0.2, 0) is 10.0 Å². The molecule has 0 radical (unpaired) electrons. The lowest BCUT2D eigenvalue weighted by atomic mass is 9.70. The van der Waals surface area contributed by atoms with Crippen LogP contribution in [0.3, 0.4) is 0 Å².